The fourth-order valence-electron chi connectivity index (χ4n) is 4.54. The maximum atomic E-state index is 13.1. The van der Waals surface area contributed by atoms with E-state index in [1.807, 2.05) is 16.7 Å². The lowest BCUT2D eigenvalue weighted by molar-refractivity contribution is 0.495. The first-order valence-electron chi connectivity index (χ1n) is 10.6. The zero-order valence-corrected chi connectivity index (χ0v) is 17.8. The van der Waals surface area contributed by atoms with E-state index in [9.17, 15) is 9.59 Å². The number of piperidine rings is 1. The van der Waals surface area contributed by atoms with Crippen molar-refractivity contribution < 1.29 is 0 Å². The molecule has 0 bridgehead atoms. The van der Waals surface area contributed by atoms with Crippen LogP contribution in [0, 0.1) is 0 Å². The molecule has 1 aliphatic heterocycles. The summed E-state index contributed by atoms with van der Waals surface area (Å²) in [6.45, 7) is 1.98. The minimum atomic E-state index is -0.380. The van der Waals surface area contributed by atoms with Gasteiger partial charge in [-0.25, -0.2) is 4.79 Å². The van der Waals surface area contributed by atoms with Gasteiger partial charge < -0.3 is 10.6 Å². The number of aromatic nitrogens is 4. The van der Waals surface area contributed by atoms with Gasteiger partial charge in [-0.05, 0) is 35.2 Å². The Bertz CT molecular complexity index is 1410. The van der Waals surface area contributed by atoms with Crippen LogP contribution in [0.2, 0.25) is 0 Å². The van der Waals surface area contributed by atoms with Gasteiger partial charge in [-0.15, -0.1) is 0 Å². The van der Waals surface area contributed by atoms with Crippen molar-refractivity contribution in [2.75, 3.05) is 18.0 Å². The molecule has 0 saturated carbocycles. The highest BCUT2D eigenvalue weighted by Gasteiger charge is 2.26. The lowest BCUT2D eigenvalue weighted by atomic mass is 10.1. The van der Waals surface area contributed by atoms with Gasteiger partial charge in [-0.1, -0.05) is 36.4 Å². The molecular weight excluding hydrogens is 392 g/mol. The third kappa shape index (κ3) is 3.23. The summed E-state index contributed by atoms with van der Waals surface area (Å²) in [4.78, 5) is 32.5. The predicted molar refractivity (Wildman–Crippen MR) is 123 cm³/mol. The van der Waals surface area contributed by atoms with Crippen molar-refractivity contribution in [3.05, 3.63) is 68.9 Å². The normalized spacial score (nSPS) is 17.0. The topological polar surface area (TPSA) is 91.1 Å². The van der Waals surface area contributed by atoms with E-state index in [1.165, 1.54) is 17.0 Å². The zero-order chi connectivity index (χ0) is 21.7. The van der Waals surface area contributed by atoms with E-state index >= 15 is 0 Å². The molecule has 160 valence electrons. The standard InChI is InChI=1S/C23H26N6O2/c1-26-20-19(21(30)27(2)23(26)31)29(22(25-20)28-11-5-8-18(24)14-28)13-15-9-10-16-6-3-4-7-17(16)12-15/h3-4,6-7,9-10,12,18H,5,8,11,13-14,24H2,1-2H3. The van der Waals surface area contributed by atoms with Crippen LogP contribution in [0.3, 0.4) is 0 Å². The number of hydrogen-bond donors (Lipinski definition) is 1. The summed E-state index contributed by atoms with van der Waals surface area (Å²) in [5.74, 6) is 0.691. The molecule has 31 heavy (non-hydrogen) atoms. The van der Waals surface area contributed by atoms with Crippen LogP contribution in [-0.4, -0.2) is 37.8 Å². The van der Waals surface area contributed by atoms with Crippen LogP contribution in [0.5, 0.6) is 0 Å². The van der Waals surface area contributed by atoms with Crippen molar-refractivity contribution in [1.82, 2.24) is 18.7 Å². The van der Waals surface area contributed by atoms with Crippen LogP contribution in [0.1, 0.15) is 18.4 Å². The average Bonchev–Trinajstić information content (AvgIpc) is 3.15. The Morgan fingerprint density at radius 1 is 1.06 bits per heavy atom. The van der Waals surface area contributed by atoms with Crippen LogP contribution >= 0.6 is 0 Å². The second kappa shape index (κ2) is 7.39. The average molecular weight is 419 g/mol. The Kier molecular flexibility index (Phi) is 4.66. The molecule has 0 spiro atoms. The Hall–Kier alpha value is -3.39. The third-order valence-electron chi connectivity index (χ3n) is 6.22. The first-order valence-corrected chi connectivity index (χ1v) is 10.6. The van der Waals surface area contributed by atoms with E-state index in [2.05, 4.69) is 35.2 Å². The summed E-state index contributed by atoms with van der Waals surface area (Å²) >= 11 is 0. The van der Waals surface area contributed by atoms with Crippen molar-refractivity contribution in [1.29, 1.82) is 0 Å². The van der Waals surface area contributed by atoms with Gasteiger partial charge in [0.2, 0.25) is 5.95 Å². The molecule has 5 rings (SSSR count). The Balaban J connectivity index is 1.72. The van der Waals surface area contributed by atoms with E-state index in [0.29, 0.717) is 30.2 Å². The molecule has 0 amide bonds. The minimum absolute atomic E-state index is 0.0642. The molecule has 1 fully saturated rings. The van der Waals surface area contributed by atoms with Crippen molar-refractivity contribution >= 4 is 27.9 Å². The fourth-order valence-corrected chi connectivity index (χ4v) is 4.54. The highest BCUT2D eigenvalue weighted by Crippen LogP contribution is 2.25. The van der Waals surface area contributed by atoms with E-state index in [0.717, 1.165) is 34.9 Å². The first-order chi connectivity index (χ1) is 14.9. The highest BCUT2D eigenvalue weighted by molar-refractivity contribution is 5.83. The lowest BCUT2D eigenvalue weighted by Crippen LogP contribution is -2.44. The Morgan fingerprint density at radius 3 is 2.61 bits per heavy atom. The van der Waals surface area contributed by atoms with Gasteiger partial charge in [0.05, 0.1) is 6.54 Å². The van der Waals surface area contributed by atoms with E-state index in [4.69, 9.17) is 10.7 Å². The van der Waals surface area contributed by atoms with Crippen molar-refractivity contribution in [3.8, 4) is 0 Å². The monoisotopic (exact) mass is 418 g/mol. The fraction of sp³-hybridized carbons (Fsp3) is 0.348. The predicted octanol–water partition coefficient (Wildman–Crippen LogP) is 1.56. The van der Waals surface area contributed by atoms with E-state index in [-0.39, 0.29) is 17.3 Å². The Morgan fingerprint density at radius 2 is 1.84 bits per heavy atom. The highest BCUT2D eigenvalue weighted by atomic mass is 16.2. The summed E-state index contributed by atoms with van der Waals surface area (Å²) in [5, 5.41) is 2.31. The summed E-state index contributed by atoms with van der Waals surface area (Å²) in [6, 6.07) is 14.6. The van der Waals surface area contributed by atoms with Gasteiger partial charge in [0.25, 0.3) is 5.56 Å². The van der Waals surface area contributed by atoms with Crippen LogP contribution in [0.4, 0.5) is 5.95 Å². The quantitative estimate of drug-likeness (QED) is 0.545. The number of imidazole rings is 1. The van der Waals surface area contributed by atoms with Gasteiger partial charge in [0, 0.05) is 33.2 Å². The second-order valence-corrected chi connectivity index (χ2v) is 8.41. The summed E-state index contributed by atoms with van der Waals surface area (Å²) in [7, 11) is 3.16. The van der Waals surface area contributed by atoms with E-state index < -0.39 is 0 Å². The summed E-state index contributed by atoms with van der Waals surface area (Å²) in [6.07, 6.45) is 1.94. The van der Waals surface area contributed by atoms with Gasteiger partial charge >= 0.3 is 5.69 Å². The second-order valence-electron chi connectivity index (χ2n) is 8.41. The van der Waals surface area contributed by atoms with Crippen LogP contribution in [-0.2, 0) is 20.6 Å². The lowest BCUT2D eigenvalue weighted by Gasteiger charge is -2.31. The summed E-state index contributed by atoms with van der Waals surface area (Å²) < 4.78 is 4.53. The van der Waals surface area contributed by atoms with Gasteiger partial charge in [-0.3, -0.25) is 18.5 Å². The number of nitrogens with zero attached hydrogens (tertiary/aromatic N) is 5. The molecule has 0 aliphatic carbocycles. The van der Waals surface area contributed by atoms with Crippen LogP contribution < -0.4 is 21.9 Å². The van der Waals surface area contributed by atoms with Crippen molar-refractivity contribution in [3.63, 3.8) is 0 Å². The molecule has 1 unspecified atom stereocenters. The van der Waals surface area contributed by atoms with Gasteiger partial charge in [0.1, 0.15) is 0 Å². The van der Waals surface area contributed by atoms with E-state index in [1.54, 1.807) is 7.05 Å². The minimum Gasteiger partial charge on any atom is -0.341 e. The molecule has 8 nitrogen and oxygen atoms in total. The molecule has 0 radical (unpaired) electrons. The number of anilines is 1. The molecule has 1 atom stereocenters. The number of fused-ring (bicyclic) bond motifs is 2. The smallest absolute Gasteiger partial charge is 0.332 e. The van der Waals surface area contributed by atoms with Gasteiger partial charge in [0.15, 0.2) is 11.2 Å². The molecule has 2 N–H and O–H groups in total. The Labute approximate surface area is 179 Å². The largest absolute Gasteiger partial charge is 0.341 e. The molecule has 3 heterocycles. The van der Waals surface area contributed by atoms with Crippen molar-refractivity contribution in [2.24, 2.45) is 19.8 Å². The number of hydrogen-bond acceptors (Lipinski definition) is 5. The van der Waals surface area contributed by atoms with Crippen LogP contribution in [0.25, 0.3) is 21.9 Å². The molecular formula is C23H26N6O2. The molecule has 2 aromatic heterocycles. The third-order valence-corrected chi connectivity index (χ3v) is 6.22. The first kappa shape index (κ1) is 19.6. The number of aryl methyl sites for hydroxylation is 1. The maximum absolute atomic E-state index is 13.1. The van der Waals surface area contributed by atoms with Crippen molar-refractivity contribution in [2.45, 2.75) is 25.4 Å². The molecule has 2 aromatic carbocycles. The summed E-state index contributed by atoms with van der Waals surface area (Å²) in [5.41, 5.74) is 7.42. The number of benzene rings is 2. The van der Waals surface area contributed by atoms with Gasteiger partial charge in [-0.2, -0.15) is 4.98 Å². The zero-order valence-electron chi connectivity index (χ0n) is 17.8. The number of rotatable bonds is 3. The molecule has 8 heteroatoms. The molecule has 1 saturated heterocycles. The SMILES string of the molecule is Cn1c(=O)c2c(nc(N3CCCC(N)C3)n2Cc2ccc3ccccc3c2)n(C)c1=O. The molecule has 4 aromatic rings. The van der Waals surface area contributed by atoms with Crippen LogP contribution in [0.15, 0.2) is 52.1 Å². The maximum Gasteiger partial charge on any atom is 0.332 e. The molecule has 1 aliphatic rings. The number of nitrogens with two attached hydrogens (primary N) is 1.